The molecule has 4 heteroatoms. The molecule has 1 amide bonds. The zero-order valence-electron chi connectivity index (χ0n) is 11.8. The smallest absolute Gasteiger partial charge is 0.250 e. The normalized spacial score (nSPS) is 10.2. The Morgan fingerprint density at radius 2 is 1.55 bits per heavy atom. The first-order valence-electron chi connectivity index (χ1n) is 6.80. The molecule has 4 nitrogen and oxygen atoms in total. The Morgan fingerprint density at radius 3 is 2.23 bits per heavy atom. The second-order valence-electron chi connectivity index (χ2n) is 4.77. The fourth-order valence-corrected chi connectivity index (χ4v) is 2.07. The number of nitrogens with zero attached hydrogens (tertiary/aromatic N) is 1. The molecular weight excluding hydrogens is 276 g/mol. The zero-order valence-corrected chi connectivity index (χ0v) is 11.8. The van der Waals surface area contributed by atoms with E-state index in [1.165, 1.54) is 6.20 Å². The number of hydrogen-bond acceptors (Lipinski definition) is 3. The quantitative estimate of drug-likeness (QED) is 0.797. The first-order chi connectivity index (χ1) is 10.7. The summed E-state index contributed by atoms with van der Waals surface area (Å²) in [5.41, 5.74) is 7.44. The van der Waals surface area contributed by atoms with Gasteiger partial charge >= 0.3 is 0 Å². The summed E-state index contributed by atoms with van der Waals surface area (Å²) in [5.74, 6) is 1.04. The highest BCUT2D eigenvalue weighted by Gasteiger charge is 2.05. The van der Waals surface area contributed by atoms with Crippen LogP contribution < -0.4 is 10.5 Å². The predicted molar refractivity (Wildman–Crippen MR) is 84.7 cm³/mol. The molecule has 0 aliphatic heterocycles. The summed E-state index contributed by atoms with van der Waals surface area (Å²) in [5, 5.41) is 0. The van der Waals surface area contributed by atoms with Gasteiger partial charge in [-0.1, -0.05) is 30.3 Å². The minimum Gasteiger partial charge on any atom is -0.457 e. The van der Waals surface area contributed by atoms with E-state index in [1.54, 1.807) is 12.3 Å². The molecule has 0 atom stereocenters. The molecule has 22 heavy (non-hydrogen) atoms. The number of carbonyl (C=O) groups is 1. The third-order valence-corrected chi connectivity index (χ3v) is 3.19. The molecule has 0 saturated heterocycles. The molecule has 1 aromatic heterocycles. The van der Waals surface area contributed by atoms with Crippen LogP contribution in [0.4, 0.5) is 0 Å². The van der Waals surface area contributed by atoms with Gasteiger partial charge in [-0.25, -0.2) is 0 Å². The Hall–Kier alpha value is -3.14. The lowest BCUT2D eigenvalue weighted by Gasteiger charge is -2.07. The van der Waals surface area contributed by atoms with E-state index in [0.717, 1.165) is 22.6 Å². The lowest BCUT2D eigenvalue weighted by Crippen LogP contribution is -2.11. The Labute approximate surface area is 128 Å². The highest BCUT2D eigenvalue weighted by molar-refractivity contribution is 5.93. The van der Waals surface area contributed by atoms with Gasteiger partial charge in [0.05, 0.1) is 5.56 Å². The first-order valence-corrected chi connectivity index (χ1v) is 6.80. The topological polar surface area (TPSA) is 65.2 Å². The van der Waals surface area contributed by atoms with Crippen molar-refractivity contribution in [2.24, 2.45) is 5.73 Å². The number of pyridine rings is 1. The largest absolute Gasteiger partial charge is 0.457 e. The molecule has 0 bridgehead atoms. The van der Waals surface area contributed by atoms with Crippen molar-refractivity contribution in [3.8, 4) is 22.6 Å². The van der Waals surface area contributed by atoms with Crippen LogP contribution in [-0.4, -0.2) is 10.9 Å². The lowest BCUT2D eigenvalue weighted by molar-refractivity contribution is 0.1000. The van der Waals surface area contributed by atoms with E-state index in [4.69, 9.17) is 10.5 Å². The van der Waals surface area contributed by atoms with Gasteiger partial charge in [0.1, 0.15) is 11.5 Å². The maximum Gasteiger partial charge on any atom is 0.250 e. The summed E-state index contributed by atoms with van der Waals surface area (Å²) in [6.45, 7) is 0. The van der Waals surface area contributed by atoms with Crippen molar-refractivity contribution in [1.82, 2.24) is 4.98 Å². The SMILES string of the molecule is NC(=O)c1cncc(-c2ccc(Oc3ccccc3)cc2)c1. The number of ether oxygens (including phenoxy) is 1. The number of hydrogen-bond donors (Lipinski definition) is 1. The summed E-state index contributed by atoms with van der Waals surface area (Å²) in [7, 11) is 0. The molecule has 0 aliphatic carbocycles. The second-order valence-corrected chi connectivity index (χ2v) is 4.77. The monoisotopic (exact) mass is 290 g/mol. The van der Waals surface area contributed by atoms with Crippen molar-refractivity contribution in [3.05, 3.63) is 78.6 Å². The van der Waals surface area contributed by atoms with Crippen LogP contribution >= 0.6 is 0 Å². The number of amides is 1. The van der Waals surface area contributed by atoms with Gasteiger partial charge in [0.25, 0.3) is 0 Å². The van der Waals surface area contributed by atoms with Crippen LogP contribution in [0.15, 0.2) is 73.1 Å². The van der Waals surface area contributed by atoms with Crippen LogP contribution in [0.25, 0.3) is 11.1 Å². The molecular formula is C18H14N2O2. The average molecular weight is 290 g/mol. The van der Waals surface area contributed by atoms with Gasteiger partial charge in [0, 0.05) is 18.0 Å². The van der Waals surface area contributed by atoms with Crippen molar-refractivity contribution in [3.63, 3.8) is 0 Å². The zero-order chi connectivity index (χ0) is 15.4. The number of rotatable bonds is 4. The molecule has 0 saturated carbocycles. The third-order valence-electron chi connectivity index (χ3n) is 3.19. The van der Waals surface area contributed by atoms with Crippen molar-refractivity contribution in [2.75, 3.05) is 0 Å². The van der Waals surface area contributed by atoms with Gasteiger partial charge in [-0.05, 0) is 35.9 Å². The fourth-order valence-electron chi connectivity index (χ4n) is 2.07. The summed E-state index contributed by atoms with van der Waals surface area (Å²) < 4.78 is 5.74. The highest BCUT2D eigenvalue weighted by atomic mass is 16.5. The van der Waals surface area contributed by atoms with Crippen molar-refractivity contribution in [2.45, 2.75) is 0 Å². The number of nitrogens with two attached hydrogens (primary N) is 1. The van der Waals surface area contributed by atoms with Gasteiger partial charge in [-0.15, -0.1) is 0 Å². The standard InChI is InChI=1S/C18H14N2O2/c19-18(21)15-10-14(11-20-12-15)13-6-8-17(9-7-13)22-16-4-2-1-3-5-16/h1-12H,(H2,19,21). The molecule has 3 aromatic rings. The van der Waals surface area contributed by atoms with E-state index in [9.17, 15) is 4.79 Å². The van der Waals surface area contributed by atoms with Gasteiger partial charge in [-0.3, -0.25) is 9.78 Å². The van der Waals surface area contributed by atoms with Crippen molar-refractivity contribution < 1.29 is 9.53 Å². The third kappa shape index (κ3) is 3.12. The molecule has 0 spiro atoms. The molecule has 0 radical (unpaired) electrons. The maximum absolute atomic E-state index is 11.2. The second kappa shape index (κ2) is 6.10. The molecule has 2 N–H and O–H groups in total. The Balaban J connectivity index is 1.82. The van der Waals surface area contributed by atoms with Gasteiger partial charge in [0.15, 0.2) is 0 Å². The number of aromatic nitrogens is 1. The molecule has 0 fully saturated rings. The number of primary amides is 1. The predicted octanol–water partition coefficient (Wildman–Crippen LogP) is 3.64. The minimum absolute atomic E-state index is 0.391. The maximum atomic E-state index is 11.2. The summed E-state index contributed by atoms with van der Waals surface area (Å²) in [6, 6.07) is 18.9. The molecule has 1 heterocycles. The van der Waals surface area contributed by atoms with E-state index in [1.807, 2.05) is 54.6 Å². The van der Waals surface area contributed by atoms with E-state index in [0.29, 0.717) is 5.56 Å². The summed E-state index contributed by atoms with van der Waals surface area (Å²) in [4.78, 5) is 15.2. The first kappa shape index (κ1) is 13.8. The minimum atomic E-state index is -0.488. The fraction of sp³-hybridized carbons (Fsp3) is 0. The van der Waals surface area contributed by atoms with Crippen LogP contribution in [-0.2, 0) is 0 Å². The van der Waals surface area contributed by atoms with Crippen LogP contribution in [0.3, 0.4) is 0 Å². The van der Waals surface area contributed by atoms with Crippen LogP contribution in [0.2, 0.25) is 0 Å². The molecule has 0 aliphatic rings. The van der Waals surface area contributed by atoms with Crippen LogP contribution in [0.5, 0.6) is 11.5 Å². The van der Waals surface area contributed by atoms with E-state index < -0.39 is 5.91 Å². The Kier molecular flexibility index (Phi) is 3.83. The number of benzene rings is 2. The van der Waals surface area contributed by atoms with E-state index in [-0.39, 0.29) is 0 Å². The molecule has 2 aromatic carbocycles. The molecule has 3 rings (SSSR count). The Bertz CT molecular complexity index is 784. The van der Waals surface area contributed by atoms with Crippen LogP contribution in [0.1, 0.15) is 10.4 Å². The van der Waals surface area contributed by atoms with Gasteiger partial charge in [-0.2, -0.15) is 0 Å². The summed E-state index contributed by atoms with van der Waals surface area (Å²) >= 11 is 0. The van der Waals surface area contributed by atoms with Crippen LogP contribution in [0, 0.1) is 0 Å². The van der Waals surface area contributed by atoms with E-state index in [2.05, 4.69) is 4.98 Å². The van der Waals surface area contributed by atoms with E-state index >= 15 is 0 Å². The molecule has 108 valence electrons. The summed E-state index contributed by atoms with van der Waals surface area (Å²) in [6.07, 6.45) is 3.15. The highest BCUT2D eigenvalue weighted by Crippen LogP contribution is 2.25. The number of carbonyl (C=O) groups excluding carboxylic acids is 1. The van der Waals surface area contributed by atoms with Gasteiger partial charge in [0.2, 0.25) is 5.91 Å². The average Bonchev–Trinajstić information content (AvgIpc) is 2.56. The number of para-hydroxylation sites is 1. The lowest BCUT2D eigenvalue weighted by atomic mass is 10.1. The molecule has 0 unspecified atom stereocenters. The van der Waals surface area contributed by atoms with Crippen molar-refractivity contribution >= 4 is 5.91 Å². The van der Waals surface area contributed by atoms with Crippen molar-refractivity contribution in [1.29, 1.82) is 0 Å². The Morgan fingerprint density at radius 1 is 0.864 bits per heavy atom. The van der Waals surface area contributed by atoms with Gasteiger partial charge < -0.3 is 10.5 Å².